The van der Waals surface area contributed by atoms with Crippen molar-refractivity contribution in [2.24, 2.45) is 0 Å². The van der Waals surface area contributed by atoms with Crippen molar-refractivity contribution in [1.82, 2.24) is 5.48 Å². The van der Waals surface area contributed by atoms with Crippen LogP contribution in [0.4, 0.5) is 13.2 Å². The molecule has 0 aromatic heterocycles. The maximum Gasteiger partial charge on any atom is 0.419 e. The van der Waals surface area contributed by atoms with Crippen LogP contribution in [0.25, 0.3) is 0 Å². The Morgan fingerprint density at radius 3 is 2.28 bits per heavy atom. The van der Waals surface area contributed by atoms with Crippen LogP contribution in [0.5, 0.6) is 5.75 Å². The standard InChI is InChI=1S/C23H28Cl2F3NO3/c1-15(30)4-8-18(29-31)9-5-17-7-11-22(19(13-17)23(26,27)28)32-12-2-3-16-6-10-20(24)21(25)14-16/h6-7,10-11,13-15,18,29-31H,2-5,8-9,12H2,1H3. The average Bonchev–Trinajstić information content (AvgIpc) is 2.73. The van der Waals surface area contributed by atoms with Gasteiger partial charge >= 0.3 is 6.18 Å². The van der Waals surface area contributed by atoms with Crippen molar-refractivity contribution in [2.45, 2.75) is 63.8 Å². The molecule has 0 saturated heterocycles. The van der Waals surface area contributed by atoms with E-state index in [-0.39, 0.29) is 18.4 Å². The minimum atomic E-state index is -4.55. The van der Waals surface area contributed by atoms with Gasteiger partial charge in [-0.05, 0) is 80.8 Å². The second-order valence-corrected chi connectivity index (χ2v) is 8.63. The molecule has 2 atom stereocenters. The molecule has 0 aliphatic heterocycles. The zero-order chi connectivity index (χ0) is 23.7. The molecule has 2 aromatic carbocycles. The van der Waals surface area contributed by atoms with Gasteiger partial charge in [0.2, 0.25) is 0 Å². The quantitative estimate of drug-likeness (QED) is 0.234. The highest BCUT2D eigenvalue weighted by molar-refractivity contribution is 6.42. The molecule has 0 aliphatic rings. The van der Waals surface area contributed by atoms with Crippen molar-refractivity contribution in [3.8, 4) is 5.75 Å². The van der Waals surface area contributed by atoms with Crippen LogP contribution in [-0.4, -0.2) is 29.1 Å². The van der Waals surface area contributed by atoms with Crippen LogP contribution < -0.4 is 10.2 Å². The van der Waals surface area contributed by atoms with Gasteiger partial charge in [-0.25, -0.2) is 5.48 Å². The number of halogens is 5. The van der Waals surface area contributed by atoms with Gasteiger partial charge in [0.05, 0.1) is 28.3 Å². The van der Waals surface area contributed by atoms with E-state index in [1.54, 1.807) is 25.1 Å². The number of aryl methyl sites for hydroxylation is 2. The molecular weight excluding hydrogens is 466 g/mol. The Kier molecular flexibility index (Phi) is 10.6. The van der Waals surface area contributed by atoms with Crippen molar-refractivity contribution in [2.75, 3.05) is 6.61 Å². The van der Waals surface area contributed by atoms with Gasteiger partial charge in [0.1, 0.15) is 5.75 Å². The number of benzene rings is 2. The topological polar surface area (TPSA) is 61.7 Å². The van der Waals surface area contributed by atoms with E-state index in [0.717, 1.165) is 11.6 Å². The van der Waals surface area contributed by atoms with Crippen LogP contribution in [0.1, 0.15) is 49.3 Å². The lowest BCUT2D eigenvalue weighted by Gasteiger charge is -2.18. The van der Waals surface area contributed by atoms with Crippen molar-refractivity contribution in [1.29, 1.82) is 0 Å². The zero-order valence-corrected chi connectivity index (χ0v) is 19.3. The summed E-state index contributed by atoms with van der Waals surface area (Å²) in [6.07, 6.45) is -2.15. The van der Waals surface area contributed by atoms with E-state index in [4.69, 9.17) is 27.9 Å². The Morgan fingerprint density at radius 1 is 0.969 bits per heavy atom. The number of alkyl halides is 3. The predicted octanol–water partition coefficient (Wildman–Crippen LogP) is 6.46. The zero-order valence-electron chi connectivity index (χ0n) is 17.8. The number of hydrogen-bond acceptors (Lipinski definition) is 4. The molecule has 0 saturated carbocycles. The van der Waals surface area contributed by atoms with E-state index in [1.807, 2.05) is 6.07 Å². The summed E-state index contributed by atoms with van der Waals surface area (Å²) >= 11 is 11.9. The molecule has 0 bridgehead atoms. The van der Waals surface area contributed by atoms with E-state index in [1.165, 1.54) is 6.07 Å². The van der Waals surface area contributed by atoms with Crippen molar-refractivity contribution in [3.63, 3.8) is 0 Å². The number of ether oxygens (including phenoxy) is 1. The fourth-order valence-corrected chi connectivity index (χ4v) is 3.61. The minimum absolute atomic E-state index is 0.124. The smallest absolute Gasteiger partial charge is 0.419 e. The third kappa shape index (κ3) is 8.79. The molecule has 2 rings (SSSR count). The molecule has 0 aliphatic carbocycles. The number of hydrogen-bond donors (Lipinski definition) is 3. The summed E-state index contributed by atoms with van der Waals surface area (Å²) in [7, 11) is 0. The Bertz CT molecular complexity index is 863. The van der Waals surface area contributed by atoms with Crippen LogP contribution in [0, 0.1) is 0 Å². The number of aliphatic hydroxyl groups is 1. The first-order valence-corrected chi connectivity index (χ1v) is 11.2. The Hall–Kier alpha value is -1.51. The van der Waals surface area contributed by atoms with Gasteiger partial charge < -0.3 is 15.1 Å². The summed E-state index contributed by atoms with van der Waals surface area (Å²) < 4.78 is 46.2. The summed E-state index contributed by atoms with van der Waals surface area (Å²) in [6.45, 7) is 1.77. The third-order valence-electron chi connectivity index (χ3n) is 5.10. The highest BCUT2D eigenvalue weighted by Gasteiger charge is 2.34. The van der Waals surface area contributed by atoms with Crippen LogP contribution in [0.15, 0.2) is 36.4 Å². The van der Waals surface area contributed by atoms with Crippen molar-refractivity contribution < 1.29 is 28.2 Å². The van der Waals surface area contributed by atoms with Crippen LogP contribution in [0.3, 0.4) is 0 Å². The summed E-state index contributed by atoms with van der Waals surface area (Å²) in [5.74, 6) is -0.207. The van der Waals surface area contributed by atoms with Crippen LogP contribution >= 0.6 is 23.2 Å². The highest BCUT2D eigenvalue weighted by atomic mass is 35.5. The van der Waals surface area contributed by atoms with E-state index in [2.05, 4.69) is 5.48 Å². The van der Waals surface area contributed by atoms with Crippen molar-refractivity contribution >= 4 is 23.2 Å². The van der Waals surface area contributed by atoms with E-state index < -0.39 is 17.8 Å². The SMILES string of the molecule is CC(O)CCC(CCc1ccc(OCCCc2ccc(Cl)c(Cl)c2)c(C(F)(F)F)c1)NO. The third-order valence-corrected chi connectivity index (χ3v) is 5.84. The number of nitrogens with one attached hydrogen (secondary N) is 1. The molecule has 2 unspecified atom stereocenters. The lowest BCUT2D eigenvalue weighted by Crippen LogP contribution is -2.27. The van der Waals surface area contributed by atoms with E-state index in [9.17, 15) is 23.5 Å². The number of hydroxylamine groups is 1. The fourth-order valence-electron chi connectivity index (χ4n) is 3.29. The molecule has 32 heavy (non-hydrogen) atoms. The van der Waals surface area contributed by atoms with Gasteiger partial charge in [0, 0.05) is 6.04 Å². The van der Waals surface area contributed by atoms with Gasteiger partial charge in [0.15, 0.2) is 0 Å². The first-order valence-electron chi connectivity index (χ1n) is 10.4. The Balaban J connectivity index is 1.96. The molecule has 2 aromatic rings. The molecule has 0 heterocycles. The van der Waals surface area contributed by atoms with Gasteiger partial charge in [-0.2, -0.15) is 13.2 Å². The average molecular weight is 494 g/mol. The molecule has 0 spiro atoms. The Morgan fingerprint density at radius 2 is 1.66 bits per heavy atom. The molecule has 4 nitrogen and oxygen atoms in total. The molecule has 0 fully saturated rings. The van der Waals surface area contributed by atoms with Crippen molar-refractivity contribution in [3.05, 3.63) is 63.1 Å². The normalized spacial score (nSPS) is 13.8. The largest absolute Gasteiger partial charge is 0.493 e. The monoisotopic (exact) mass is 493 g/mol. The van der Waals surface area contributed by atoms with Gasteiger partial charge in [0.25, 0.3) is 0 Å². The van der Waals surface area contributed by atoms with Crippen LogP contribution in [-0.2, 0) is 19.0 Å². The lowest BCUT2D eigenvalue weighted by molar-refractivity contribution is -0.139. The minimum Gasteiger partial charge on any atom is -0.493 e. The second kappa shape index (κ2) is 12.7. The van der Waals surface area contributed by atoms with Gasteiger partial charge in [-0.15, -0.1) is 0 Å². The summed E-state index contributed by atoms with van der Waals surface area (Å²) in [5, 5.41) is 19.5. The highest BCUT2D eigenvalue weighted by Crippen LogP contribution is 2.37. The molecule has 0 radical (unpaired) electrons. The maximum atomic E-state index is 13.6. The van der Waals surface area contributed by atoms with Crippen LogP contribution in [0.2, 0.25) is 10.0 Å². The molecule has 178 valence electrons. The van der Waals surface area contributed by atoms with Gasteiger partial charge in [-0.1, -0.05) is 35.3 Å². The first-order chi connectivity index (χ1) is 15.1. The predicted molar refractivity (Wildman–Crippen MR) is 120 cm³/mol. The molecule has 3 N–H and O–H groups in total. The summed E-state index contributed by atoms with van der Waals surface area (Å²) in [6, 6.07) is 8.96. The lowest BCUT2D eigenvalue weighted by atomic mass is 9.99. The van der Waals surface area contributed by atoms with E-state index in [0.29, 0.717) is 54.1 Å². The fraction of sp³-hybridized carbons (Fsp3) is 0.478. The number of aliphatic hydroxyl groups excluding tert-OH is 1. The summed E-state index contributed by atoms with van der Waals surface area (Å²) in [5.41, 5.74) is 2.77. The Labute approximate surface area is 196 Å². The van der Waals surface area contributed by atoms with Gasteiger partial charge in [-0.3, -0.25) is 0 Å². The molecule has 0 amide bonds. The second-order valence-electron chi connectivity index (χ2n) is 7.82. The molecular formula is C23H28Cl2F3NO3. The maximum absolute atomic E-state index is 13.6. The first kappa shape index (κ1) is 26.7. The number of rotatable bonds is 12. The summed E-state index contributed by atoms with van der Waals surface area (Å²) in [4.78, 5) is 0. The van der Waals surface area contributed by atoms with E-state index >= 15 is 0 Å². The molecule has 9 heteroatoms.